The molecule has 5 heteroatoms. The van der Waals surface area contributed by atoms with Gasteiger partial charge in [-0.05, 0) is 24.3 Å². The Balaban J connectivity index is 2.86. The Hall–Kier alpha value is -0.230. The standard InChI is InChI=1S/C10H13BrO3S/c11-6-1-2-7(9(13)5-6)10(14)8(12)3-4-15/h1-2,5,8,10,12-15H,3-4H2. The number of thiol groups is 1. The third-order valence-corrected chi connectivity index (χ3v) is 2.85. The third-order valence-electron chi connectivity index (χ3n) is 2.10. The van der Waals surface area contributed by atoms with Crippen molar-refractivity contribution in [3.05, 3.63) is 28.2 Å². The van der Waals surface area contributed by atoms with Gasteiger partial charge in [-0.15, -0.1) is 0 Å². The van der Waals surface area contributed by atoms with Gasteiger partial charge in [-0.25, -0.2) is 0 Å². The van der Waals surface area contributed by atoms with Crippen LogP contribution in [0.1, 0.15) is 18.1 Å². The lowest BCUT2D eigenvalue weighted by Crippen LogP contribution is -2.18. The van der Waals surface area contributed by atoms with E-state index in [1.54, 1.807) is 12.1 Å². The average molecular weight is 293 g/mol. The molecule has 1 aromatic rings. The van der Waals surface area contributed by atoms with E-state index in [1.165, 1.54) is 6.07 Å². The lowest BCUT2D eigenvalue weighted by molar-refractivity contribution is 0.0159. The molecule has 0 amide bonds. The monoisotopic (exact) mass is 292 g/mol. The molecule has 15 heavy (non-hydrogen) atoms. The van der Waals surface area contributed by atoms with Gasteiger partial charge in [0.1, 0.15) is 11.9 Å². The molecule has 0 aliphatic carbocycles. The number of phenols is 1. The van der Waals surface area contributed by atoms with Crippen LogP contribution < -0.4 is 0 Å². The Bertz CT molecular complexity index is 332. The lowest BCUT2D eigenvalue weighted by Gasteiger charge is -2.18. The lowest BCUT2D eigenvalue weighted by atomic mass is 10.0. The normalized spacial score (nSPS) is 14.9. The average Bonchev–Trinajstić information content (AvgIpc) is 2.17. The van der Waals surface area contributed by atoms with Crippen molar-refractivity contribution in [3.63, 3.8) is 0 Å². The number of hydrogen-bond acceptors (Lipinski definition) is 4. The van der Waals surface area contributed by atoms with Crippen molar-refractivity contribution in [1.82, 2.24) is 0 Å². The summed E-state index contributed by atoms with van der Waals surface area (Å²) >= 11 is 7.16. The van der Waals surface area contributed by atoms with Gasteiger partial charge < -0.3 is 15.3 Å². The highest BCUT2D eigenvalue weighted by Crippen LogP contribution is 2.30. The molecule has 0 aliphatic rings. The molecule has 0 radical (unpaired) electrons. The first-order valence-corrected chi connectivity index (χ1v) is 5.94. The van der Waals surface area contributed by atoms with E-state index in [-0.39, 0.29) is 5.75 Å². The van der Waals surface area contributed by atoms with E-state index in [9.17, 15) is 15.3 Å². The van der Waals surface area contributed by atoms with E-state index in [4.69, 9.17) is 0 Å². The smallest absolute Gasteiger partial charge is 0.122 e. The van der Waals surface area contributed by atoms with Crippen molar-refractivity contribution in [2.75, 3.05) is 5.75 Å². The molecular formula is C10H13BrO3S. The van der Waals surface area contributed by atoms with Gasteiger partial charge in [0.05, 0.1) is 6.10 Å². The molecule has 2 atom stereocenters. The first-order valence-electron chi connectivity index (χ1n) is 4.51. The van der Waals surface area contributed by atoms with E-state index in [1.807, 2.05) is 0 Å². The summed E-state index contributed by atoms with van der Waals surface area (Å²) < 4.78 is 0.722. The Morgan fingerprint density at radius 2 is 2.00 bits per heavy atom. The first-order chi connectivity index (χ1) is 7.06. The minimum atomic E-state index is -1.08. The van der Waals surface area contributed by atoms with Crippen molar-refractivity contribution in [3.8, 4) is 5.75 Å². The molecule has 1 rings (SSSR count). The number of phenolic OH excluding ortho intramolecular Hbond substituents is 1. The Labute approximate surface area is 102 Å². The topological polar surface area (TPSA) is 60.7 Å². The summed E-state index contributed by atoms with van der Waals surface area (Å²) in [5, 5.41) is 28.8. The second kappa shape index (κ2) is 5.75. The van der Waals surface area contributed by atoms with E-state index in [2.05, 4.69) is 28.6 Å². The number of aliphatic hydroxyl groups is 2. The van der Waals surface area contributed by atoms with E-state index < -0.39 is 12.2 Å². The zero-order valence-corrected chi connectivity index (χ0v) is 10.4. The summed E-state index contributed by atoms with van der Waals surface area (Å²) in [4.78, 5) is 0. The Kier molecular flexibility index (Phi) is 4.92. The molecule has 0 bridgehead atoms. The van der Waals surface area contributed by atoms with E-state index in [0.717, 1.165) is 4.47 Å². The second-order valence-corrected chi connectivity index (χ2v) is 4.59. The molecule has 0 aliphatic heterocycles. The summed E-state index contributed by atoms with van der Waals surface area (Å²) in [5.41, 5.74) is 0.326. The van der Waals surface area contributed by atoms with Crippen LogP contribution in [0.4, 0.5) is 0 Å². The van der Waals surface area contributed by atoms with Gasteiger partial charge >= 0.3 is 0 Å². The maximum absolute atomic E-state index is 9.73. The zero-order valence-electron chi connectivity index (χ0n) is 7.97. The largest absolute Gasteiger partial charge is 0.508 e. The number of aliphatic hydroxyl groups excluding tert-OH is 2. The van der Waals surface area contributed by atoms with Gasteiger partial charge in [0.2, 0.25) is 0 Å². The zero-order chi connectivity index (χ0) is 11.4. The molecule has 0 saturated carbocycles. The van der Waals surface area contributed by atoms with Crippen molar-refractivity contribution in [1.29, 1.82) is 0 Å². The SMILES string of the molecule is Oc1cc(Br)ccc1C(O)C(O)CCS. The van der Waals surface area contributed by atoms with Crippen molar-refractivity contribution < 1.29 is 15.3 Å². The maximum atomic E-state index is 9.73. The van der Waals surface area contributed by atoms with Gasteiger partial charge in [0, 0.05) is 10.0 Å². The summed E-state index contributed by atoms with van der Waals surface area (Å²) in [6, 6.07) is 4.75. The number of rotatable bonds is 4. The van der Waals surface area contributed by atoms with Crippen molar-refractivity contribution >= 4 is 28.6 Å². The molecule has 2 unspecified atom stereocenters. The Morgan fingerprint density at radius 3 is 2.53 bits per heavy atom. The van der Waals surface area contributed by atoms with Gasteiger partial charge in [-0.1, -0.05) is 22.0 Å². The van der Waals surface area contributed by atoms with Gasteiger partial charge in [0.25, 0.3) is 0 Å². The van der Waals surface area contributed by atoms with Gasteiger partial charge in [-0.3, -0.25) is 0 Å². The fraction of sp³-hybridized carbons (Fsp3) is 0.400. The molecule has 1 aromatic carbocycles. The summed E-state index contributed by atoms with van der Waals surface area (Å²) in [6.07, 6.45) is -1.61. The Morgan fingerprint density at radius 1 is 1.33 bits per heavy atom. The highest BCUT2D eigenvalue weighted by Gasteiger charge is 2.20. The maximum Gasteiger partial charge on any atom is 0.122 e. The molecule has 0 heterocycles. The van der Waals surface area contributed by atoms with Crippen LogP contribution in [-0.4, -0.2) is 27.2 Å². The van der Waals surface area contributed by atoms with Gasteiger partial charge in [-0.2, -0.15) is 12.6 Å². The highest BCUT2D eigenvalue weighted by atomic mass is 79.9. The number of benzene rings is 1. The van der Waals surface area contributed by atoms with Crippen LogP contribution in [0.2, 0.25) is 0 Å². The predicted molar refractivity (Wildman–Crippen MR) is 65.2 cm³/mol. The fourth-order valence-corrected chi connectivity index (χ4v) is 1.88. The van der Waals surface area contributed by atoms with Crippen LogP contribution in [0.25, 0.3) is 0 Å². The number of halogens is 1. The summed E-state index contributed by atoms with van der Waals surface area (Å²) in [5.74, 6) is 0.449. The first kappa shape index (κ1) is 12.8. The van der Waals surface area contributed by atoms with E-state index in [0.29, 0.717) is 17.7 Å². The molecule has 0 aromatic heterocycles. The molecular weight excluding hydrogens is 280 g/mol. The fourth-order valence-electron chi connectivity index (χ4n) is 1.26. The second-order valence-electron chi connectivity index (χ2n) is 3.23. The minimum absolute atomic E-state index is 0.0323. The molecule has 84 valence electrons. The number of aromatic hydroxyl groups is 1. The molecule has 3 N–H and O–H groups in total. The van der Waals surface area contributed by atoms with Crippen LogP contribution in [0.15, 0.2) is 22.7 Å². The molecule has 0 spiro atoms. The van der Waals surface area contributed by atoms with Crippen LogP contribution in [0.5, 0.6) is 5.75 Å². The van der Waals surface area contributed by atoms with Crippen LogP contribution in [0, 0.1) is 0 Å². The minimum Gasteiger partial charge on any atom is -0.508 e. The summed E-state index contributed by atoms with van der Waals surface area (Å²) in [6.45, 7) is 0. The highest BCUT2D eigenvalue weighted by molar-refractivity contribution is 9.10. The molecule has 3 nitrogen and oxygen atoms in total. The molecule has 0 saturated heterocycles. The van der Waals surface area contributed by atoms with E-state index >= 15 is 0 Å². The van der Waals surface area contributed by atoms with Gasteiger partial charge in [0.15, 0.2) is 0 Å². The number of hydrogen-bond donors (Lipinski definition) is 4. The van der Waals surface area contributed by atoms with Crippen LogP contribution in [0.3, 0.4) is 0 Å². The molecule has 0 fully saturated rings. The van der Waals surface area contributed by atoms with Crippen molar-refractivity contribution in [2.24, 2.45) is 0 Å². The predicted octanol–water partition coefficient (Wildman–Crippen LogP) is 1.87. The van der Waals surface area contributed by atoms with Crippen molar-refractivity contribution in [2.45, 2.75) is 18.6 Å². The quantitative estimate of drug-likeness (QED) is 0.641. The van der Waals surface area contributed by atoms with Crippen LogP contribution in [-0.2, 0) is 0 Å². The summed E-state index contributed by atoms with van der Waals surface area (Å²) in [7, 11) is 0. The third kappa shape index (κ3) is 3.38. The van der Waals surface area contributed by atoms with Crippen LogP contribution >= 0.6 is 28.6 Å².